The molecule has 170 valence electrons. The first-order valence-electron chi connectivity index (χ1n) is 9.94. The molecule has 1 aromatic carbocycles. The van der Waals surface area contributed by atoms with Gasteiger partial charge >= 0.3 is 0 Å². The van der Waals surface area contributed by atoms with E-state index in [1.165, 1.54) is 23.0 Å². The summed E-state index contributed by atoms with van der Waals surface area (Å²) in [7, 11) is -6.74. The van der Waals surface area contributed by atoms with Gasteiger partial charge in [-0.2, -0.15) is 5.10 Å². The van der Waals surface area contributed by atoms with Crippen molar-refractivity contribution in [3.8, 4) is 0 Å². The Labute approximate surface area is 187 Å². The van der Waals surface area contributed by atoms with Crippen LogP contribution in [-0.4, -0.2) is 45.0 Å². The van der Waals surface area contributed by atoms with Crippen molar-refractivity contribution >= 4 is 43.0 Å². The number of amides is 1. The molecule has 0 bridgehead atoms. The monoisotopic (exact) mass is 487 g/mol. The number of nitrogens with zero attached hydrogens (tertiary/aromatic N) is 2. The van der Waals surface area contributed by atoms with E-state index in [0.29, 0.717) is 17.9 Å². The Morgan fingerprint density at radius 1 is 1.19 bits per heavy atom. The molecule has 1 aliphatic carbocycles. The van der Waals surface area contributed by atoms with Crippen molar-refractivity contribution in [2.45, 2.75) is 48.8 Å². The molecule has 2 aromatic rings. The maximum Gasteiger partial charge on any atom is 0.233 e. The minimum absolute atomic E-state index is 0.0254. The van der Waals surface area contributed by atoms with Crippen LogP contribution in [0.4, 0.5) is 5.82 Å². The smallest absolute Gasteiger partial charge is 0.233 e. The highest BCUT2D eigenvalue weighted by Crippen LogP contribution is 2.36. The van der Waals surface area contributed by atoms with E-state index in [9.17, 15) is 21.6 Å². The fraction of sp³-hybridized carbons (Fsp3) is 0.500. The average Bonchev–Trinajstić information content (AvgIpc) is 3.29. The summed E-state index contributed by atoms with van der Waals surface area (Å²) in [6.07, 6.45) is 8.64. The van der Waals surface area contributed by atoms with Crippen molar-refractivity contribution < 1.29 is 21.6 Å². The van der Waals surface area contributed by atoms with E-state index in [4.69, 9.17) is 11.6 Å². The van der Waals surface area contributed by atoms with Crippen LogP contribution in [0.15, 0.2) is 35.4 Å². The quantitative estimate of drug-likeness (QED) is 0.611. The average molecular weight is 488 g/mol. The van der Waals surface area contributed by atoms with Crippen LogP contribution in [0, 0.1) is 5.92 Å². The first-order valence-corrected chi connectivity index (χ1v) is 14.3. The summed E-state index contributed by atoms with van der Waals surface area (Å²) < 4.78 is 47.9. The molecule has 31 heavy (non-hydrogen) atoms. The van der Waals surface area contributed by atoms with Crippen molar-refractivity contribution in [2.24, 2.45) is 5.92 Å². The Kier molecular flexibility index (Phi) is 7.12. The molecule has 1 aromatic heterocycles. The third-order valence-electron chi connectivity index (χ3n) is 5.38. The zero-order valence-electron chi connectivity index (χ0n) is 17.4. The van der Waals surface area contributed by atoms with E-state index in [1.807, 2.05) is 0 Å². The van der Waals surface area contributed by atoms with Crippen LogP contribution in [0.2, 0.25) is 5.02 Å². The van der Waals surface area contributed by atoms with Crippen LogP contribution in [-0.2, 0) is 30.3 Å². The maximum absolute atomic E-state index is 13.1. The van der Waals surface area contributed by atoms with Gasteiger partial charge < -0.3 is 5.32 Å². The first-order chi connectivity index (χ1) is 14.4. The van der Waals surface area contributed by atoms with Gasteiger partial charge in [-0.3, -0.25) is 9.48 Å². The number of nitrogens with one attached hydrogen (secondary N) is 1. The normalized spacial score (nSPS) is 16.4. The van der Waals surface area contributed by atoms with Crippen LogP contribution in [0.1, 0.15) is 43.6 Å². The summed E-state index contributed by atoms with van der Waals surface area (Å²) in [6, 6.07) is 6.14. The Balaban J connectivity index is 1.85. The highest BCUT2D eigenvalue weighted by Gasteiger charge is 2.28. The van der Waals surface area contributed by atoms with Gasteiger partial charge in [-0.25, -0.2) is 16.8 Å². The van der Waals surface area contributed by atoms with E-state index in [0.717, 1.165) is 38.2 Å². The van der Waals surface area contributed by atoms with Gasteiger partial charge in [0.2, 0.25) is 5.91 Å². The zero-order valence-corrected chi connectivity index (χ0v) is 19.8. The molecule has 8 nitrogen and oxygen atoms in total. The molecule has 1 aliphatic rings. The summed E-state index contributed by atoms with van der Waals surface area (Å²) in [6.45, 7) is 0. The van der Waals surface area contributed by atoms with Crippen molar-refractivity contribution in [1.82, 2.24) is 9.78 Å². The lowest BCUT2D eigenvalue weighted by Gasteiger charge is -2.21. The number of benzene rings is 1. The molecule has 0 spiro atoms. The largest absolute Gasteiger partial charge is 0.309 e. The zero-order chi connectivity index (χ0) is 22.8. The lowest BCUT2D eigenvalue weighted by Crippen LogP contribution is -2.23. The van der Waals surface area contributed by atoms with Gasteiger partial charge in [0.25, 0.3) is 0 Å². The van der Waals surface area contributed by atoms with Gasteiger partial charge in [0.1, 0.15) is 5.88 Å². The number of carbonyl (C=O) groups excluding carboxylic acids is 1. The number of carbonyl (C=O) groups is 1. The summed E-state index contributed by atoms with van der Waals surface area (Å²) in [4.78, 5) is 13.2. The molecular formula is C20H26ClN3O5S2. The Hall–Kier alpha value is -1.91. The number of hydrogen-bond acceptors (Lipinski definition) is 6. The van der Waals surface area contributed by atoms with Crippen LogP contribution in [0.5, 0.6) is 0 Å². The third kappa shape index (κ3) is 6.54. The summed E-state index contributed by atoms with van der Waals surface area (Å²) in [5.41, 5.74) is 0.636. The van der Waals surface area contributed by atoms with Crippen LogP contribution < -0.4 is 5.32 Å². The Morgan fingerprint density at radius 3 is 2.45 bits per heavy atom. The van der Waals surface area contributed by atoms with Crippen LogP contribution in [0.3, 0.4) is 0 Å². The second-order valence-corrected chi connectivity index (χ2v) is 12.7. The molecule has 1 heterocycles. The van der Waals surface area contributed by atoms with Gasteiger partial charge in [-0.15, -0.1) is 0 Å². The van der Waals surface area contributed by atoms with E-state index in [-0.39, 0.29) is 27.5 Å². The SMILES string of the molecule is CS(=O)(=O)Cn1ccc(NC(=O)C(CC2CCCC2)c2ccc(S(C)(=O)=O)c(Cl)c2)n1. The molecule has 11 heteroatoms. The molecule has 1 saturated carbocycles. The van der Waals surface area contributed by atoms with Crippen LogP contribution in [0.25, 0.3) is 0 Å². The molecule has 1 N–H and O–H groups in total. The molecule has 0 radical (unpaired) electrons. The molecular weight excluding hydrogens is 462 g/mol. The van der Waals surface area contributed by atoms with Gasteiger partial charge in [-0.1, -0.05) is 43.4 Å². The highest BCUT2D eigenvalue weighted by molar-refractivity contribution is 7.90. The topological polar surface area (TPSA) is 115 Å². The molecule has 0 aliphatic heterocycles. The molecule has 1 fully saturated rings. The number of halogens is 1. The number of hydrogen-bond donors (Lipinski definition) is 1. The third-order valence-corrected chi connectivity index (χ3v) is 7.69. The number of sulfone groups is 2. The van der Waals surface area contributed by atoms with E-state index < -0.39 is 25.6 Å². The summed E-state index contributed by atoms with van der Waals surface area (Å²) >= 11 is 6.22. The van der Waals surface area contributed by atoms with Crippen molar-refractivity contribution in [2.75, 3.05) is 17.8 Å². The van der Waals surface area contributed by atoms with Gasteiger partial charge in [0.05, 0.1) is 15.8 Å². The van der Waals surface area contributed by atoms with Crippen molar-refractivity contribution in [3.05, 3.63) is 41.0 Å². The number of aromatic nitrogens is 2. The minimum atomic E-state index is -3.47. The second kappa shape index (κ2) is 9.30. The Morgan fingerprint density at radius 2 is 1.87 bits per heavy atom. The summed E-state index contributed by atoms with van der Waals surface area (Å²) in [5, 5.41) is 6.95. The van der Waals surface area contributed by atoms with E-state index in [2.05, 4.69) is 10.4 Å². The standard InChI is InChI=1S/C20H26ClN3O5S2/c1-30(26,27)13-24-10-9-19(23-24)22-20(25)16(11-14-5-3-4-6-14)15-7-8-18(17(21)12-15)31(2,28)29/h7-10,12,14,16H,3-6,11,13H2,1-2H3,(H,22,23,25). The summed E-state index contributed by atoms with van der Waals surface area (Å²) in [5.74, 6) is -0.457. The molecule has 1 amide bonds. The lowest BCUT2D eigenvalue weighted by atomic mass is 9.87. The molecule has 3 rings (SSSR count). The second-order valence-electron chi connectivity index (χ2n) is 8.19. The number of anilines is 1. The first kappa shape index (κ1) is 23.7. The number of rotatable bonds is 8. The Bertz CT molecular complexity index is 1170. The van der Waals surface area contributed by atoms with E-state index >= 15 is 0 Å². The predicted molar refractivity (Wildman–Crippen MR) is 120 cm³/mol. The molecule has 1 atom stereocenters. The van der Waals surface area contributed by atoms with Gasteiger partial charge in [0.15, 0.2) is 25.5 Å². The highest BCUT2D eigenvalue weighted by atomic mass is 35.5. The minimum Gasteiger partial charge on any atom is -0.309 e. The molecule has 1 unspecified atom stereocenters. The fourth-order valence-electron chi connectivity index (χ4n) is 3.96. The fourth-order valence-corrected chi connectivity index (χ4v) is 5.92. The van der Waals surface area contributed by atoms with E-state index in [1.54, 1.807) is 12.1 Å². The van der Waals surface area contributed by atoms with Crippen LogP contribution >= 0.6 is 11.6 Å². The van der Waals surface area contributed by atoms with Gasteiger partial charge in [-0.05, 0) is 30.0 Å². The predicted octanol–water partition coefficient (Wildman–Crippen LogP) is 3.24. The lowest BCUT2D eigenvalue weighted by molar-refractivity contribution is -0.118. The molecule has 0 saturated heterocycles. The maximum atomic E-state index is 13.1. The van der Waals surface area contributed by atoms with Crippen molar-refractivity contribution in [3.63, 3.8) is 0 Å². The van der Waals surface area contributed by atoms with Crippen molar-refractivity contribution in [1.29, 1.82) is 0 Å². The van der Waals surface area contributed by atoms with Gasteiger partial charge in [0, 0.05) is 24.8 Å².